The van der Waals surface area contributed by atoms with Crippen LogP contribution in [0.2, 0.25) is 0 Å². The number of hydrogen-bond donors (Lipinski definition) is 0. The van der Waals surface area contributed by atoms with Crippen molar-refractivity contribution in [1.82, 2.24) is 20.2 Å². The lowest BCUT2D eigenvalue weighted by atomic mass is 10.2. The first-order chi connectivity index (χ1) is 21.0. The normalized spacial score (nSPS) is 11.8. The molecule has 1 heterocycles. The molecule has 0 bridgehead atoms. The molecule has 0 aliphatic heterocycles. The Hall–Kier alpha value is -4.91. The van der Waals surface area contributed by atoms with Gasteiger partial charge >= 0.3 is 12.4 Å². The number of benzene rings is 4. The van der Waals surface area contributed by atoms with Crippen molar-refractivity contribution in [3.05, 3.63) is 126 Å². The van der Waals surface area contributed by atoms with E-state index in [0.29, 0.717) is 29.4 Å². The van der Waals surface area contributed by atoms with Gasteiger partial charge < -0.3 is 9.47 Å². The van der Waals surface area contributed by atoms with Gasteiger partial charge in [0.1, 0.15) is 24.7 Å². The molecule has 0 saturated carbocycles. The number of ether oxygens (including phenoxy) is 2. The number of hydrogen-bond acceptors (Lipinski definition) is 6. The Labute approximate surface area is 252 Å². The maximum absolute atomic E-state index is 12.8. The Morgan fingerprint density at radius 3 is 1.61 bits per heavy atom. The first-order valence-electron chi connectivity index (χ1n) is 12.7. The lowest BCUT2D eigenvalue weighted by Gasteiger charge is -2.09. The molecule has 0 amide bonds. The fraction of sp³-hybridized carbons (Fsp3) is 0.133. The molecule has 14 heteroatoms. The van der Waals surface area contributed by atoms with Crippen LogP contribution in [0.25, 0.3) is 5.69 Å². The summed E-state index contributed by atoms with van der Waals surface area (Å²) < 4.78 is 86.7. The molecule has 0 unspecified atom stereocenters. The minimum absolute atomic E-state index is 0.115. The molecule has 44 heavy (non-hydrogen) atoms. The molecule has 0 saturated heterocycles. The van der Waals surface area contributed by atoms with Gasteiger partial charge in [0.15, 0.2) is 0 Å². The number of halogens is 7. The topological polar surface area (TPSA) is 74.4 Å². The summed E-state index contributed by atoms with van der Waals surface area (Å²) in [6.07, 6.45) is -9.25. The van der Waals surface area contributed by atoms with E-state index < -0.39 is 23.3 Å². The van der Waals surface area contributed by atoms with E-state index in [-0.39, 0.29) is 11.4 Å². The summed E-state index contributed by atoms with van der Waals surface area (Å²) in [7, 11) is 0. The third-order valence-electron chi connectivity index (χ3n) is 5.60. The zero-order chi connectivity index (χ0) is 31.6. The zero-order valence-electron chi connectivity index (χ0n) is 22.5. The fourth-order valence-corrected chi connectivity index (χ4v) is 3.59. The van der Waals surface area contributed by atoms with E-state index in [1.807, 2.05) is 60.7 Å². The fourth-order valence-electron chi connectivity index (χ4n) is 3.50. The second-order valence-electron chi connectivity index (χ2n) is 8.85. The molecule has 0 aliphatic carbocycles. The largest absolute Gasteiger partial charge is 0.489 e. The van der Waals surface area contributed by atoms with E-state index in [4.69, 9.17) is 21.1 Å². The van der Waals surface area contributed by atoms with Crippen molar-refractivity contribution in [2.24, 2.45) is 4.99 Å². The molecule has 228 valence electrons. The second kappa shape index (κ2) is 14.5. The van der Waals surface area contributed by atoms with E-state index >= 15 is 0 Å². The third kappa shape index (κ3) is 9.56. The smallest absolute Gasteiger partial charge is 0.453 e. The Kier molecular flexibility index (Phi) is 10.6. The van der Waals surface area contributed by atoms with Gasteiger partial charge in [0.25, 0.3) is 5.82 Å². The highest BCUT2D eigenvalue weighted by molar-refractivity contribution is 6.67. The van der Waals surface area contributed by atoms with Crippen LogP contribution in [-0.4, -0.2) is 31.6 Å². The van der Waals surface area contributed by atoms with Crippen LogP contribution >= 0.6 is 11.6 Å². The SMILES string of the molecule is FC(F)(F)C(Cl)=Nc1ccc(OCc2ccccc2)cc1.FC(F)(F)c1nnnn1-c1ccc(OCc2ccccc2)cc1. The van der Waals surface area contributed by atoms with Crippen LogP contribution in [0.5, 0.6) is 11.5 Å². The van der Waals surface area contributed by atoms with Crippen LogP contribution in [0, 0.1) is 0 Å². The zero-order valence-corrected chi connectivity index (χ0v) is 23.3. The van der Waals surface area contributed by atoms with Crippen LogP contribution in [0.15, 0.2) is 114 Å². The van der Waals surface area contributed by atoms with Gasteiger partial charge in [-0.2, -0.15) is 31.0 Å². The summed E-state index contributed by atoms with van der Waals surface area (Å²) in [5.74, 6) is -0.0874. The number of aromatic nitrogens is 4. The maximum Gasteiger partial charge on any atom is 0.453 e. The highest BCUT2D eigenvalue weighted by Gasteiger charge is 2.38. The quantitative estimate of drug-likeness (QED) is 0.127. The molecule has 0 aliphatic rings. The van der Waals surface area contributed by atoms with Crippen molar-refractivity contribution >= 4 is 22.5 Å². The van der Waals surface area contributed by atoms with Crippen LogP contribution < -0.4 is 9.47 Å². The molecule has 0 atom stereocenters. The lowest BCUT2D eigenvalue weighted by Crippen LogP contribution is -2.16. The molecule has 0 radical (unpaired) electrons. The minimum Gasteiger partial charge on any atom is -0.489 e. The predicted octanol–water partition coefficient (Wildman–Crippen LogP) is 8.36. The van der Waals surface area contributed by atoms with Gasteiger partial charge in [-0.1, -0.05) is 72.3 Å². The number of tetrazole rings is 1. The standard InChI is InChI=1S/C15H11ClF3NO.C15H11F3N4O/c16-14(15(17,18)19)20-12-6-8-13(9-7-12)21-10-11-4-2-1-3-5-11;16-15(17,18)14-19-20-21-22(14)12-6-8-13(9-7-12)23-10-11-4-2-1-3-5-11/h1-9H,10H2;1-9H,10H2. The second-order valence-corrected chi connectivity index (χ2v) is 9.21. The third-order valence-corrected chi connectivity index (χ3v) is 5.90. The predicted molar refractivity (Wildman–Crippen MR) is 151 cm³/mol. The van der Waals surface area contributed by atoms with Crippen LogP contribution in [-0.2, 0) is 19.4 Å². The van der Waals surface area contributed by atoms with Crippen molar-refractivity contribution < 1.29 is 35.8 Å². The Morgan fingerprint density at radius 2 is 1.16 bits per heavy atom. The van der Waals surface area contributed by atoms with E-state index in [9.17, 15) is 26.3 Å². The molecular formula is C30H22ClF6N5O2. The van der Waals surface area contributed by atoms with Crippen molar-refractivity contribution in [2.45, 2.75) is 25.6 Å². The Bertz CT molecular complexity index is 1630. The summed E-state index contributed by atoms with van der Waals surface area (Å²) in [5, 5.41) is 8.05. The van der Waals surface area contributed by atoms with Gasteiger partial charge in [-0.3, -0.25) is 0 Å². The molecule has 0 N–H and O–H groups in total. The summed E-state index contributed by atoms with van der Waals surface area (Å²) in [5.41, 5.74) is 2.31. The average Bonchev–Trinajstić information content (AvgIpc) is 3.52. The monoisotopic (exact) mass is 633 g/mol. The van der Waals surface area contributed by atoms with E-state index in [2.05, 4.69) is 20.5 Å². The molecule has 0 fully saturated rings. The Balaban J connectivity index is 0.000000202. The van der Waals surface area contributed by atoms with Gasteiger partial charge in [0.05, 0.1) is 11.4 Å². The van der Waals surface area contributed by atoms with Gasteiger partial charge in [0.2, 0.25) is 5.17 Å². The van der Waals surface area contributed by atoms with Crippen molar-refractivity contribution in [1.29, 1.82) is 0 Å². The molecule has 1 aromatic heterocycles. The van der Waals surface area contributed by atoms with Crippen molar-refractivity contribution in [3.8, 4) is 17.2 Å². The minimum atomic E-state index is -4.63. The highest BCUT2D eigenvalue weighted by Crippen LogP contribution is 2.29. The summed E-state index contributed by atoms with van der Waals surface area (Å²) in [6, 6.07) is 31.1. The molecular weight excluding hydrogens is 612 g/mol. The number of rotatable bonds is 8. The highest BCUT2D eigenvalue weighted by atomic mass is 35.5. The van der Waals surface area contributed by atoms with Gasteiger partial charge in [-0.15, -0.1) is 5.10 Å². The Morgan fingerprint density at radius 1 is 0.682 bits per heavy atom. The van der Waals surface area contributed by atoms with Crippen LogP contribution in [0.4, 0.5) is 32.0 Å². The first-order valence-corrected chi connectivity index (χ1v) is 13.1. The number of alkyl halides is 6. The summed E-state index contributed by atoms with van der Waals surface area (Å²) >= 11 is 5.07. The van der Waals surface area contributed by atoms with Crippen molar-refractivity contribution in [2.75, 3.05) is 0 Å². The van der Waals surface area contributed by atoms with E-state index in [1.54, 1.807) is 24.3 Å². The molecule has 5 rings (SSSR count). The first kappa shape index (κ1) is 32.0. The maximum atomic E-state index is 12.8. The van der Waals surface area contributed by atoms with Gasteiger partial charge in [-0.05, 0) is 70.1 Å². The molecule has 7 nitrogen and oxygen atoms in total. The molecule has 0 spiro atoms. The summed E-state index contributed by atoms with van der Waals surface area (Å²) in [4.78, 5) is 3.29. The molecule has 5 aromatic rings. The number of nitrogens with zero attached hydrogens (tertiary/aromatic N) is 5. The number of aliphatic imine (C=N–C) groups is 1. The van der Waals surface area contributed by atoms with Gasteiger partial charge in [-0.25, -0.2) is 4.99 Å². The van der Waals surface area contributed by atoms with Crippen LogP contribution in [0.3, 0.4) is 0 Å². The van der Waals surface area contributed by atoms with Crippen LogP contribution in [0.1, 0.15) is 17.0 Å². The lowest BCUT2D eigenvalue weighted by molar-refractivity contribution is -0.146. The van der Waals surface area contributed by atoms with E-state index in [0.717, 1.165) is 11.1 Å². The van der Waals surface area contributed by atoms with Crippen molar-refractivity contribution in [3.63, 3.8) is 0 Å². The van der Waals surface area contributed by atoms with E-state index in [1.165, 1.54) is 24.3 Å². The average molecular weight is 634 g/mol. The molecule has 4 aromatic carbocycles. The summed E-state index contributed by atoms with van der Waals surface area (Å²) in [6.45, 7) is 0.756. The van der Waals surface area contributed by atoms with Gasteiger partial charge in [0, 0.05) is 0 Å².